The van der Waals surface area contributed by atoms with Gasteiger partial charge in [-0.05, 0) is 41.5 Å². The van der Waals surface area contributed by atoms with Crippen LogP contribution in [0.3, 0.4) is 0 Å². The van der Waals surface area contributed by atoms with Gasteiger partial charge in [-0.15, -0.1) is 0 Å². The molecule has 0 amide bonds. The Balaban J connectivity index is 1.55. The number of para-hydroxylation sites is 1. The first kappa shape index (κ1) is 24.2. The van der Waals surface area contributed by atoms with Crippen molar-refractivity contribution in [2.24, 2.45) is 5.41 Å². The number of halogens is 1. The fraction of sp³-hybridized carbons (Fsp3) is 0.147. The maximum atomic E-state index is 15.2. The van der Waals surface area contributed by atoms with E-state index in [0.717, 1.165) is 11.3 Å². The molecule has 0 aromatic heterocycles. The quantitative estimate of drug-likeness (QED) is 0.234. The molecular formula is C34H24FNO4. The molecule has 0 saturated carbocycles. The van der Waals surface area contributed by atoms with E-state index < -0.39 is 35.0 Å². The van der Waals surface area contributed by atoms with E-state index in [1.165, 1.54) is 18.2 Å². The molecule has 3 atom stereocenters. The number of carbonyl (C=O) groups is 3. The fourth-order valence-electron chi connectivity index (χ4n) is 6.92. The number of fused-ring (bicyclic) bond motifs is 5. The van der Waals surface area contributed by atoms with Crippen molar-refractivity contribution in [2.75, 3.05) is 12.0 Å². The van der Waals surface area contributed by atoms with E-state index in [0.29, 0.717) is 22.4 Å². The number of carbonyl (C=O) groups excluding carboxylic acids is 3. The molecule has 1 aliphatic carbocycles. The third-order valence-electron chi connectivity index (χ3n) is 8.60. The van der Waals surface area contributed by atoms with Crippen molar-refractivity contribution < 1.29 is 23.5 Å². The molecule has 2 aliphatic heterocycles. The largest absolute Gasteiger partial charge is 0.497 e. The molecule has 2 heterocycles. The normalized spacial score (nSPS) is 21.8. The number of Topliss-reactive ketones (excluding diaryl/α,β-unsaturated/α-hetero) is 3. The highest BCUT2D eigenvalue weighted by atomic mass is 19.1. The molecular weight excluding hydrogens is 505 g/mol. The van der Waals surface area contributed by atoms with Gasteiger partial charge in [0.25, 0.3) is 0 Å². The summed E-state index contributed by atoms with van der Waals surface area (Å²) in [5, 5.41) is 0. The van der Waals surface area contributed by atoms with E-state index in [1.54, 1.807) is 61.7 Å². The molecule has 6 heteroatoms. The summed E-state index contributed by atoms with van der Waals surface area (Å²) >= 11 is 0. The van der Waals surface area contributed by atoms with Crippen molar-refractivity contribution in [3.8, 4) is 5.75 Å². The van der Waals surface area contributed by atoms with Crippen molar-refractivity contribution in [3.63, 3.8) is 0 Å². The third kappa shape index (κ3) is 3.10. The van der Waals surface area contributed by atoms with Gasteiger partial charge in [0.05, 0.1) is 18.7 Å². The fourth-order valence-corrected chi connectivity index (χ4v) is 6.92. The van der Waals surface area contributed by atoms with Crippen LogP contribution >= 0.6 is 0 Å². The van der Waals surface area contributed by atoms with Gasteiger partial charge >= 0.3 is 0 Å². The number of hydrogen-bond donors (Lipinski definition) is 0. The van der Waals surface area contributed by atoms with E-state index in [9.17, 15) is 14.4 Å². The third-order valence-corrected chi connectivity index (χ3v) is 8.60. The van der Waals surface area contributed by atoms with Crippen molar-refractivity contribution in [3.05, 3.63) is 137 Å². The predicted octanol–water partition coefficient (Wildman–Crippen LogP) is 6.15. The van der Waals surface area contributed by atoms with Crippen LogP contribution in [0.2, 0.25) is 0 Å². The second kappa shape index (κ2) is 8.85. The standard InChI is InChI=1S/C34H24FNO4/c1-40-22-17-14-21(15-18-22)29-30(31(37)25-11-5-6-12-26(25)35)36-27-13-7-2-8-20(27)16-19-28(36)34(29)32(38)23-9-3-4-10-24(23)33(34)39/h2-19,28-30H,1H3/t28-,29+,30+/m0/s1. The molecule has 40 heavy (non-hydrogen) atoms. The van der Waals surface area contributed by atoms with E-state index in [2.05, 4.69) is 0 Å². The summed E-state index contributed by atoms with van der Waals surface area (Å²) in [5.74, 6) is -2.08. The van der Waals surface area contributed by atoms with Crippen LogP contribution in [0.25, 0.3) is 6.08 Å². The molecule has 3 aliphatic rings. The number of hydrogen-bond acceptors (Lipinski definition) is 5. The Labute approximate surface area is 230 Å². The van der Waals surface area contributed by atoms with Gasteiger partial charge in [-0.2, -0.15) is 0 Å². The van der Waals surface area contributed by atoms with Gasteiger partial charge in [-0.3, -0.25) is 14.4 Å². The monoisotopic (exact) mass is 529 g/mol. The number of ether oxygens (including phenoxy) is 1. The van der Waals surface area contributed by atoms with E-state index >= 15 is 4.39 Å². The minimum atomic E-state index is -1.63. The number of anilines is 1. The van der Waals surface area contributed by atoms with E-state index in [4.69, 9.17) is 4.74 Å². The molecule has 7 rings (SSSR count). The minimum absolute atomic E-state index is 0.0794. The lowest BCUT2D eigenvalue weighted by Crippen LogP contribution is -2.48. The zero-order valence-electron chi connectivity index (χ0n) is 21.6. The Kier molecular flexibility index (Phi) is 5.36. The first-order valence-corrected chi connectivity index (χ1v) is 13.2. The van der Waals surface area contributed by atoms with E-state index in [-0.39, 0.29) is 17.1 Å². The average Bonchev–Trinajstić information content (AvgIpc) is 3.43. The maximum Gasteiger partial charge on any atom is 0.188 e. The second-order valence-corrected chi connectivity index (χ2v) is 10.4. The van der Waals surface area contributed by atoms with Crippen molar-refractivity contribution in [1.82, 2.24) is 0 Å². The van der Waals surface area contributed by atoms with Gasteiger partial charge in [0.15, 0.2) is 17.3 Å². The van der Waals surface area contributed by atoms with Crippen LogP contribution in [0.15, 0.2) is 103 Å². The summed E-state index contributed by atoms with van der Waals surface area (Å²) in [6, 6.07) is 25.6. The number of rotatable bonds is 4. The Hall–Kier alpha value is -4.84. The lowest BCUT2D eigenvalue weighted by atomic mass is 9.64. The summed E-state index contributed by atoms with van der Waals surface area (Å²) < 4.78 is 20.5. The van der Waals surface area contributed by atoms with E-state index in [1.807, 2.05) is 41.3 Å². The molecule has 0 N–H and O–H groups in total. The smallest absolute Gasteiger partial charge is 0.188 e. The highest BCUT2D eigenvalue weighted by Gasteiger charge is 2.71. The Morgan fingerprint density at radius 1 is 0.825 bits per heavy atom. The number of methoxy groups -OCH3 is 1. The van der Waals surface area contributed by atoms with Gasteiger partial charge in [0.1, 0.15) is 23.0 Å². The van der Waals surface area contributed by atoms with Crippen LogP contribution in [0.5, 0.6) is 5.75 Å². The van der Waals surface area contributed by atoms with Crippen molar-refractivity contribution in [2.45, 2.75) is 18.0 Å². The van der Waals surface area contributed by atoms with Gasteiger partial charge in [0.2, 0.25) is 0 Å². The molecule has 4 aromatic carbocycles. The molecule has 5 nitrogen and oxygen atoms in total. The van der Waals surface area contributed by atoms with Crippen LogP contribution < -0.4 is 9.64 Å². The summed E-state index contributed by atoms with van der Waals surface area (Å²) in [6.07, 6.45) is 3.76. The predicted molar refractivity (Wildman–Crippen MR) is 150 cm³/mol. The Morgan fingerprint density at radius 2 is 1.45 bits per heavy atom. The van der Waals surface area contributed by atoms with Gasteiger partial charge < -0.3 is 9.64 Å². The lowest BCUT2D eigenvalue weighted by molar-refractivity contribution is 0.0666. The number of ketones is 3. The molecule has 1 fully saturated rings. The van der Waals surface area contributed by atoms with Gasteiger partial charge in [-0.1, -0.05) is 78.9 Å². The summed E-state index contributed by atoms with van der Waals surface area (Å²) in [6.45, 7) is 0. The minimum Gasteiger partial charge on any atom is -0.497 e. The van der Waals surface area contributed by atoms with Gasteiger partial charge in [-0.25, -0.2) is 4.39 Å². The molecule has 1 spiro atoms. The van der Waals surface area contributed by atoms with Crippen LogP contribution in [0.1, 0.15) is 48.1 Å². The molecule has 1 saturated heterocycles. The zero-order chi connectivity index (χ0) is 27.6. The Morgan fingerprint density at radius 3 is 2.12 bits per heavy atom. The van der Waals surface area contributed by atoms with Crippen molar-refractivity contribution >= 4 is 29.1 Å². The summed E-state index contributed by atoms with van der Waals surface area (Å²) in [5.41, 5.74) is 1.18. The van der Waals surface area contributed by atoms with Crippen LogP contribution in [-0.2, 0) is 0 Å². The maximum absolute atomic E-state index is 15.2. The number of benzene rings is 4. The SMILES string of the molecule is COc1ccc([C@@H]2[C@H](C(=O)c3ccccc3F)N3c4ccccc4C=C[C@H]3C23C(=O)c2ccccc2C3=O)cc1. The lowest BCUT2D eigenvalue weighted by Gasteiger charge is -2.37. The van der Waals surface area contributed by atoms with Crippen LogP contribution in [0.4, 0.5) is 10.1 Å². The molecule has 0 radical (unpaired) electrons. The molecule has 4 aromatic rings. The molecule has 196 valence electrons. The van der Waals surface area contributed by atoms with Gasteiger partial charge in [0, 0.05) is 22.7 Å². The summed E-state index contributed by atoms with van der Waals surface area (Å²) in [7, 11) is 1.55. The second-order valence-electron chi connectivity index (χ2n) is 10.4. The Bertz CT molecular complexity index is 1710. The average molecular weight is 530 g/mol. The highest BCUT2D eigenvalue weighted by Crippen LogP contribution is 2.61. The topological polar surface area (TPSA) is 63.7 Å². The summed E-state index contributed by atoms with van der Waals surface area (Å²) in [4.78, 5) is 45.6. The zero-order valence-corrected chi connectivity index (χ0v) is 21.6. The van der Waals surface area contributed by atoms with Crippen LogP contribution in [-0.4, -0.2) is 36.5 Å². The highest BCUT2D eigenvalue weighted by molar-refractivity contribution is 6.32. The molecule has 0 unspecified atom stereocenters. The number of nitrogens with zero attached hydrogens (tertiary/aromatic N) is 1. The molecule has 0 bridgehead atoms. The first-order valence-electron chi connectivity index (χ1n) is 13.2. The van der Waals surface area contributed by atoms with Crippen molar-refractivity contribution in [1.29, 1.82) is 0 Å². The first-order chi connectivity index (χ1) is 19.5. The van der Waals surface area contributed by atoms with Crippen LogP contribution in [0, 0.1) is 11.2 Å².